The first-order valence-corrected chi connectivity index (χ1v) is 24.4. The summed E-state index contributed by atoms with van der Waals surface area (Å²) in [6.45, 7) is 11.1. The maximum absolute atomic E-state index is 14.8. The summed E-state index contributed by atoms with van der Waals surface area (Å²) >= 11 is 0. The minimum absolute atomic E-state index is 0.0185. The van der Waals surface area contributed by atoms with Crippen molar-refractivity contribution >= 4 is 46.4 Å². The molecule has 0 unspecified atom stereocenters. The van der Waals surface area contributed by atoms with E-state index in [1.165, 1.54) is 42.4 Å². The standard InChI is InChI=1S/C52H63N11O10/c1-9-61-41-15-12-31-23-36(41)37(45(61)38-26-53-17-16-32(38)27-71-7)24-52(4,5)28-73-51(69)56-42-11-10-18-62(59-42)49(67)40(21-30-19-33(31)22-35(64)20-30)55-47(65)44(29(2)3)60(6)48(66)39-14-13-34(25-54-39)58-63(70)46-43(57-46)50(68)72-8/h12-17,19-20,22-23,25-26,29,40,42-44,46,57,59H,9-11,18,21,24,27-28H2,1-8H3,(H3-,55,56,58,64,65,66,69,70)/p+1/t40-,42-,43-,44-,46+/m0/s1. The van der Waals surface area contributed by atoms with Crippen molar-refractivity contribution in [1.82, 2.24) is 45.8 Å². The Hall–Kier alpha value is -7.49. The highest BCUT2D eigenvalue weighted by molar-refractivity contribution is 5.98. The number of carbonyl (C=O) groups excluding carboxylic acids is 5. The fraction of sp³-hybridized carbons (Fsp3) is 0.442. The summed E-state index contributed by atoms with van der Waals surface area (Å²) in [7, 11) is 4.35. The molecule has 5 aromatic rings. The molecule has 0 aliphatic carbocycles. The Morgan fingerprint density at radius 2 is 1.85 bits per heavy atom. The molecule has 0 spiro atoms. The number of aryl methyl sites for hydroxylation is 1. The number of phenolic OH excluding ortho intramolecular Hbond substituents is 1. The highest BCUT2D eigenvalue weighted by atomic mass is 16.5. The number of aromatic hydroxyl groups is 1. The third-order valence-electron chi connectivity index (χ3n) is 13.4. The maximum atomic E-state index is 14.8. The van der Waals surface area contributed by atoms with Crippen LogP contribution in [0.2, 0.25) is 0 Å². The van der Waals surface area contributed by atoms with E-state index in [0.717, 1.165) is 38.9 Å². The van der Waals surface area contributed by atoms with Crippen LogP contribution < -0.4 is 26.8 Å². The van der Waals surface area contributed by atoms with Crippen LogP contribution in [0.25, 0.3) is 33.3 Å². The zero-order chi connectivity index (χ0) is 52.3. The van der Waals surface area contributed by atoms with E-state index in [9.17, 15) is 34.0 Å². The molecule has 21 nitrogen and oxygen atoms in total. The van der Waals surface area contributed by atoms with Crippen molar-refractivity contribution in [2.24, 2.45) is 11.3 Å². The largest absolute Gasteiger partial charge is 0.508 e. The number of hydrogen-bond acceptors (Lipinski definition) is 14. The van der Waals surface area contributed by atoms with Gasteiger partial charge < -0.3 is 39.4 Å². The summed E-state index contributed by atoms with van der Waals surface area (Å²) in [6.07, 6.45) is 4.15. The smallest absolute Gasteiger partial charge is 0.408 e. The first-order valence-electron chi connectivity index (χ1n) is 24.4. The van der Waals surface area contributed by atoms with Gasteiger partial charge in [-0.2, -0.15) is 0 Å². The van der Waals surface area contributed by atoms with Gasteiger partial charge >= 0.3 is 18.2 Å². The number of carbonyl (C=O) groups is 5. The third kappa shape index (κ3) is 11.4. The van der Waals surface area contributed by atoms with Gasteiger partial charge in [0.15, 0.2) is 6.04 Å². The summed E-state index contributed by atoms with van der Waals surface area (Å²) in [5, 5.41) is 22.3. The van der Waals surface area contributed by atoms with Crippen LogP contribution in [0.4, 0.5) is 10.5 Å². The van der Waals surface area contributed by atoms with Crippen molar-refractivity contribution in [3.8, 4) is 28.1 Å². The number of cyclic esters (lactones) is 1. The molecule has 3 aromatic heterocycles. The molecule has 6 N–H and O–H groups in total. The summed E-state index contributed by atoms with van der Waals surface area (Å²) in [5.74, 6) is -2.80. The summed E-state index contributed by atoms with van der Waals surface area (Å²) in [5.41, 5.74) is 12.3. The zero-order valence-electron chi connectivity index (χ0n) is 42.4. The number of amides is 4. The van der Waals surface area contributed by atoms with Crippen molar-refractivity contribution in [3.05, 3.63) is 100 Å². The molecular weight excluding hydrogens is 939 g/mol. The van der Waals surface area contributed by atoms with Gasteiger partial charge in [-0.05, 0) is 102 Å². The van der Waals surface area contributed by atoms with Gasteiger partial charge in [-0.3, -0.25) is 29.2 Å². The topological polar surface area (TPSA) is 261 Å². The number of hydrazine groups is 2. The lowest BCUT2D eigenvalue weighted by Crippen LogP contribution is -2.63. The monoisotopic (exact) mass is 1000 g/mol. The lowest BCUT2D eigenvalue weighted by Gasteiger charge is -2.37. The molecule has 386 valence electrons. The molecule has 8 rings (SSSR count). The highest BCUT2D eigenvalue weighted by Gasteiger charge is 2.57. The van der Waals surface area contributed by atoms with E-state index in [2.05, 4.69) is 65.1 Å². The minimum atomic E-state index is -1.22. The van der Waals surface area contributed by atoms with E-state index in [1.807, 2.05) is 38.2 Å². The minimum Gasteiger partial charge on any atom is -0.508 e. The van der Waals surface area contributed by atoms with E-state index in [0.29, 0.717) is 48.4 Å². The Bertz CT molecular complexity index is 2920. The van der Waals surface area contributed by atoms with E-state index < -0.39 is 71.6 Å². The van der Waals surface area contributed by atoms with Crippen LogP contribution in [-0.4, -0.2) is 129 Å². The molecule has 3 aliphatic heterocycles. The van der Waals surface area contributed by atoms with Crippen LogP contribution in [0.1, 0.15) is 74.6 Å². The van der Waals surface area contributed by atoms with Gasteiger partial charge in [0.2, 0.25) is 5.91 Å². The number of likely N-dealkylation sites (N-methyl/N-ethyl adjacent to an activating group) is 1. The summed E-state index contributed by atoms with van der Waals surface area (Å²) < 4.78 is 18.5. The fourth-order valence-corrected chi connectivity index (χ4v) is 9.87. The predicted octanol–water partition coefficient (Wildman–Crippen LogP) is 4.80. The van der Waals surface area contributed by atoms with E-state index in [4.69, 9.17) is 9.47 Å². The fourth-order valence-electron chi connectivity index (χ4n) is 9.87. The Morgan fingerprint density at radius 1 is 1.05 bits per heavy atom. The number of methoxy groups -OCH3 is 2. The van der Waals surface area contributed by atoms with Gasteiger partial charge in [-0.1, -0.05) is 39.8 Å². The lowest BCUT2D eigenvalue weighted by atomic mass is 9.84. The second-order valence-corrected chi connectivity index (χ2v) is 19.9. The van der Waals surface area contributed by atoms with Crippen molar-refractivity contribution in [2.75, 3.05) is 39.8 Å². The van der Waals surface area contributed by atoms with E-state index in [-0.39, 0.29) is 36.7 Å². The number of benzene rings is 2. The third-order valence-corrected chi connectivity index (χ3v) is 13.4. The van der Waals surface area contributed by atoms with E-state index in [1.54, 1.807) is 39.3 Å². The number of ether oxygens (including phenoxy) is 3. The molecular formula is C52H64N11O10+. The number of pyridine rings is 2. The molecule has 3 aliphatic rings. The van der Waals surface area contributed by atoms with Crippen LogP contribution in [0.15, 0.2) is 73.2 Å². The molecule has 4 amide bonds. The first kappa shape index (κ1) is 51.9. The zero-order valence-corrected chi connectivity index (χ0v) is 42.4. The summed E-state index contributed by atoms with van der Waals surface area (Å²) in [4.78, 5) is 91.8. The van der Waals surface area contributed by atoms with Gasteiger partial charge in [0.25, 0.3) is 11.8 Å². The average molecular weight is 1000 g/mol. The van der Waals surface area contributed by atoms with Crippen LogP contribution in [0.5, 0.6) is 5.75 Å². The quantitative estimate of drug-likeness (QED) is 0.0401. The van der Waals surface area contributed by atoms with Crippen LogP contribution in [0, 0.1) is 16.2 Å². The number of nitrogens with zero attached hydrogens (tertiary/aromatic N) is 6. The molecule has 2 aromatic carbocycles. The molecule has 21 heteroatoms. The van der Waals surface area contributed by atoms with Crippen molar-refractivity contribution in [3.63, 3.8) is 0 Å². The molecule has 2 saturated heterocycles. The second-order valence-electron chi connectivity index (χ2n) is 19.9. The lowest BCUT2D eigenvalue weighted by molar-refractivity contribution is -0.534. The molecule has 6 bridgehead atoms. The predicted molar refractivity (Wildman–Crippen MR) is 269 cm³/mol. The molecule has 5 atom stereocenters. The number of nitroso groups, excluding NO2 is 1. The normalized spacial score (nSPS) is 20.2. The first-order chi connectivity index (χ1) is 34.9. The number of esters is 1. The van der Waals surface area contributed by atoms with Gasteiger partial charge in [-0.25, -0.2) is 20.5 Å². The van der Waals surface area contributed by atoms with Crippen molar-refractivity contribution < 1.29 is 48.2 Å². The number of alkyl carbamates (subject to hydrolysis) is 1. The van der Waals surface area contributed by atoms with Crippen molar-refractivity contribution in [2.45, 2.75) is 104 Å². The Labute approximate surface area is 422 Å². The number of hydrogen-bond donors (Lipinski definition) is 6. The molecule has 2 fully saturated rings. The van der Waals surface area contributed by atoms with Crippen LogP contribution in [-0.2, 0) is 54.6 Å². The van der Waals surface area contributed by atoms with Gasteiger partial charge in [0, 0.05) is 67.9 Å². The van der Waals surface area contributed by atoms with E-state index >= 15 is 0 Å². The van der Waals surface area contributed by atoms with Crippen LogP contribution >= 0.6 is 0 Å². The Morgan fingerprint density at radius 3 is 2.56 bits per heavy atom. The molecule has 73 heavy (non-hydrogen) atoms. The highest BCUT2D eigenvalue weighted by Crippen LogP contribution is 2.41. The average Bonchev–Trinajstić information content (AvgIpc) is 4.12. The number of nitrogens with one attached hydrogen (secondary N) is 5. The van der Waals surface area contributed by atoms with Crippen LogP contribution in [0.3, 0.4) is 0 Å². The van der Waals surface area contributed by atoms with Gasteiger partial charge in [-0.15, -0.1) is 5.43 Å². The Kier molecular flexibility index (Phi) is 15.4. The molecule has 0 radical (unpaired) electrons. The SMILES string of the molecule is CCn1c(-c2cnccc2COC)c2c3cc(ccc31)-c1cc(O)cc(c1)C[C@H](NC(=O)[C@H](C(C)C)N(C)C(=O)c1ccc(N[N+](=O)[C@H]3N[C@@H]3C(=O)OC)cn1)C(=O)N1CCC[C@@H](NC(=O)OCC(C)(C)C2)N1. The second kappa shape index (κ2) is 21.7. The van der Waals surface area contributed by atoms with Gasteiger partial charge in [0.1, 0.15) is 40.2 Å². The number of anilines is 1. The molecule has 6 heterocycles. The Balaban J connectivity index is 1.13. The number of phenols is 1. The maximum Gasteiger partial charge on any atom is 0.408 e. The van der Waals surface area contributed by atoms with Gasteiger partial charge in [0.05, 0.1) is 37.1 Å². The molecule has 0 saturated carbocycles. The number of fused-ring (bicyclic) bond motifs is 6. The van der Waals surface area contributed by atoms with Crippen molar-refractivity contribution in [1.29, 1.82) is 0 Å². The summed E-state index contributed by atoms with van der Waals surface area (Å²) in [6, 6.07) is 13.0. The number of aromatic nitrogens is 3. The number of rotatable bonds is 13.